The van der Waals surface area contributed by atoms with Gasteiger partial charge in [0.25, 0.3) is 5.91 Å². The second kappa shape index (κ2) is 10.7. The summed E-state index contributed by atoms with van der Waals surface area (Å²) in [4.78, 5) is 34.9. The Morgan fingerprint density at radius 2 is 1.82 bits per heavy atom. The second-order valence-electron chi connectivity index (χ2n) is 9.66. The molecule has 1 N–H and O–H groups in total. The van der Waals surface area contributed by atoms with Gasteiger partial charge in [0, 0.05) is 44.7 Å². The number of thiazole rings is 1. The zero-order valence-corrected chi connectivity index (χ0v) is 23.0. The minimum Gasteiger partial charge on any atom is -0.422 e. The van der Waals surface area contributed by atoms with E-state index in [2.05, 4.69) is 41.1 Å². The minimum atomic E-state index is -0.616. The number of hydrogen-bond acceptors (Lipinski definition) is 7. The highest BCUT2D eigenvalue weighted by Gasteiger charge is 2.21. The van der Waals surface area contributed by atoms with Gasteiger partial charge in [-0.3, -0.25) is 9.69 Å². The number of nitrogens with zero attached hydrogens (tertiary/aromatic N) is 3. The highest BCUT2D eigenvalue weighted by molar-refractivity contribution is 7.22. The van der Waals surface area contributed by atoms with Crippen molar-refractivity contribution in [2.75, 3.05) is 44.2 Å². The molecule has 196 valence electrons. The Labute approximate surface area is 230 Å². The molecule has 3 aromatic carbocycles. The molecule has 0 unspecified atom stereocenters. The molecule has 0 bridgehead atoms. The molecule has 0 atom stereocenters. The molecule has 0 aliphatic carbocycles. The Kier molecular flexibility index (Phi) is 7.38. The first-order valence-electron chi connectivity index (χ1n) is 12.6. The summed E-state index contributed by atoms with van der Waals surface area (Å²) in [6.45, 7) is 9.01. The summed E-state index contributed by atoms with van der Waals surface area (Å²) < 4.78 is 6.71. The van der Waals surface area contributed by atoms with Crippen LogP contribution in [0.1, 0.15) is 21.5 Å². The molecule has 1 fully saturated rings. The normalized spacial score (nSPS) is 14.2. The van der Waals surface area contributed by atoms with Crippen molar-refractivity contribution in [3.8, 4) is 0 Å². The smallest absolute Gasteiger partial charge is 0.349 e. The molecule has 3 heterocycles. The predicted molar refractivity (Wildman–Crippen MR) is 157 cm³/mol. The molecule has 38 heavy (non-hydrogen) atoms. The van der Waals surface area contributed by atoms with Gasteiger partial charge >= 0.3 is 5.63 Å². The number of nitrogens with one attached hydrogen (secondary N) is 1. The van der Waals surface area contributed by atoms with E-state index in [9.17, 15) is 9.59 Å². The van der Waals surface area contributed by atoms with Gasteiger partial charge in [0.15, 0.2) is 5.13 Å². The number of carbonyl (C=O) groups excluding carboxylic acids is 1. The van der Waals surface area contributed by atoms with E-state index >= 15 is 0 Å². The first kappa shape index (κ1) is 26.2. The number of rotatable bonds is 5. The van der Waals surface area contributed by atoms with Crippen molar-refractivity contribution in [1.29, 1.82) is 0 Å². The van der Waals surface area contributed by atoms with Gasteiger partial charge in [0.2, 0.25) is 0 Å². The van der Waals surface area contributed by atoms with Gasteiger partial charge < -0.3 is 14.6 Å². The topological polar surface area (TPSA) is 78.7 Å². The highest BCUT2D eigenvalue weighted by atomic mass is 35.5. The van der Waals surface area contributed by atoms with Gasteiger partial charge in [-0.05, 0) is 53.9 Å². The number of anilines is 1. The van der Waals surface area contributed by atoms with Crippen molar-refractivity contribution in [3.63, 3.8) is 0 Å². The number of carbonyl (C=O) groups is 1. The van der Waals surface area contributed by atoms with Gasteiger partial charge in [-0.15, -0.1) is 12.4 Å². The lowest BCUT2D eigenvalue weighted by Crippen LogP contribution is -2.48. The summed E-state index contributed by atoms with van der Waals surface area (Å²) in [5.41, 5.74) is 3.49. The molecule has 1 aliphatic heterocycles. The van der Waals surface area contributed by atoms with Crippen LogP contribution in [-0.4, -0.2) is 55.1 Å². The fourth-order valence-electron chi connectivity index (χ4n) is 5.11. The van der Waals surface area contributed by atoms with Gasteiger partial charge in [0.05, 0.1) is 10.2 Å². The third kappa shape index (κ3) is 4.99. The van der Waals surface area contributed by atoms with Crippen molar-refractivity contribution in [3.05, 3.63) is 81.7 Å². The molecular formula is C29H29ClN4O3S. The van der Waals surface area contributed by atoms with E-state index in [-0.39, 0.29) is 18.0 Å². The van der Waals surface area contributed by atoms with Crippen molar-refractivity contribution < 1.29 is 9.21 Å². The van der Waals surface area contributed by atoms with E-state index in [4.69, 9.17) is 9.40 Å². The third-order valence-corrected chi connectivity index (χ3v) is 8.12. The van der Waals surface area contributed by atoms with Crippen LogP contribution < -0.4 is 15.8 Å². The molecule has 5 aromatic rings. The Balaban J connectivity index is 0.00000294. The van der Waals surface area contributed by atoms with Crippen LogP contribution in [0.2, 0.25) is 0 Å². The van der Waals surface area contributed by atoms with Crippen LogP contribution in [0.15, 0.2) is 63.8 Å². The maximum absolute atomic E-state index is 12.9. The van der Waals surface area contributed by atoms with E-state index in [1.165, 1.54) is 15.8 Å². The Hall–Kier alpha value is -3.46. The number of amides is 1. The van der Waals surface area contributed by atoms with Crippen molar-refractivity contribution in [2.24, 2.45) is 0 Å². The molecule has 0 radical (unpaired) electrons. The lowest BCUT2D eigenvalue weighted by atomic mass is 10.0. The molecule has 9 heteroatoms. The maximum atomic E-state index is 12.9. The predicted octanol–water partition coefficient (Wildman–Crippen LogP) is 5.15. The molecule has 0 spiro atoms. The van der Waals surface area contributed by atoms with Crippen molar-refractivity contribution in [2.45, 2.75) is 13.8 Å². The average molecular weight is 549 g/mol. The Bertz CT molecular complexity index is 1710. The first-order valence-corrected chi connectivity index (χ1v) is 13.4. The third-order valence-electron chi connectivity index (χ3n) is 7.06. The van der Waals surface area contributed by atoms with E-state index in [0.29, 0.717) is 12.1 Å². The molecule has 0 saturated carbocycles. The zero-order chi connectivity index (χ0) is 25.5. The first-order chi connectivity index (χ1) is 18.0. The summed E-state index contributed by atoms with van der Waals surface area (Å²) >= 11 is 1.76. The van der Waals surface area contributed by atoms with Gasteiger partial charge in [-0.25, -0.2) is 9.78 Å². The quantitative estimate of drug-likeness (QED) is 0.242. The molecular weight excluding hydrogens is 520 g/mol. The van der Waals surface area contributed by atoms with E-state index in [1.54, 1.807) is 23.5 Å². The highest BCUT2D eigenvalue weighted by Crippen LogP contribution is 2.32. The van der Waals surface area contributed by atoms with Crippen LogP contribution >= 0.6 is 23.7 Å². The number of hydrogen-bond donors (Lipinski definition) is 1. The lowest BCUT2D eigenvalue weighted by Gasteiger charge is -2.34. The van der Waals surface area contributed by atoms with E-state index < -0.39 is 11.5 Å². The molecule has 6 rings (SSSR count). The van der Waals surface area contributed by atoms with Gasteiger partial charge in [-0.2, -0.15) is 0 Å². The number of aryl methyl sites for hydroxylation is 2. The molecule has 7 nitrogen and oxygen atoms in total. The van der Waals surface area contributed by atoms with Crippen molar-refractivity contribution >= 4 is 66.7 Å². The van der Waals surface area contributed by atoms with Crippen LogP contribution in [-0.2, 0) is 0 Å². The summed E-state index contributed by atoms with van der Waals surface area (Å²) in [6, 6.07) is 17.6. The van der Waals surface area contributed by atoms with Crippen LogP contribution in [0.4, 0.5) is 5.13 Å². The zero-order valence-electron chi connectivity index (χ0n) is 21.3. The number of aromatic nitrogens is 1. The number of piperazine rings is 1. The SMILES string of the molecule is Cc1cc(C)c2nc(N3CCN(CCNC(=O)c4cc5c(ccc6ccccc65)oc4=O)CC3)sc2c1.Cl. The van der Waals surface area contributed by atoms with Crippen LogP contribution in [0.3, 0.4) is 0 Å². The van der Waals surface area contributed by atoms with E-state index in [0.717, 1.165) is 59.5 Å². The van der Waals surface area contributed by atoms with Crippen molar-refractivity contribution in [1.82, 2.24) is 15.2 Å². The summed E-state index contributed by atoms with van der Waals surface area (Å²) in [7, 11) is 0. The van der Waals surface area contributed by atoms with Crippen LogP contribution in [0, 0.1) is 13.8 Å². The van der Waals surface area contributed by atoms with Crippen LogP contribution in [0.5, 0.6) is 0 Å². The molecule has 1 amide bonds. The van der Waals surface area contributed by atoms with Gasteiger partial charge in [0.1, 0.15) is 11.1 Å². The van der Waals surface area contributed by atoms with Crippen LogP contribution in [0.25, 0.3) is 32.0 Å². The molecule has 2 aromatic heterocycles. The second-order valence-corrected chi connectivity index (χ2v) is 10.7. The Morgan fingerprint density at radius 1 is 1.03 bits per heavy atom. The molecule has 1 saturated heterocycles. The number of benzene rings is 3. The fraction of sp³-hybridized carbons (Fsp3) is 0.276. The molecule has 1 aliphatic rings. The number of fused-ring (bicyclic) bond motifs is 4. The fourth-order valence-corrected chi connectivity index (χ4v) is 6.30. The van der Waals surface area contributed by atoms with Gasteiger partial charge in [-0.1, -0.05) is 47.7 Å². The number of halogens is 1. The summed E-state index contributed by atoms with van der Waals surface area (Å²) in [5, 5.41) is 6.73. The van der Waals surface area contributed by atoms with E-state index in [1.807, 2.05) is 30.3 Å². The summed E-state index contributed by atoms with van der Waals surface area (Å²) in [6.07, 6.45) is 0. The minimum absolute atomic E-state index is 0. The largest absolute Gasteiger partial charge is 0.422 e. The summed E-state index contributed by atoms with van der Waals surface area (Å²) in [5.74, 6) is -0.401. The monoisotopic (exact) mass is 548 g/mol. The maximum Gasteiger partial charge on any atom is 0.349 e. The standard InChI is InChI=1S/C29H28N4O3S.ClH/c1-18-15-19(2)26-25(16-18)37-29(31-26)33-13-11-32(12-14-33)10-9-30-27(34)23-17-22-21-6-4-3-5-20(21)7-8-24(22)36-28(23)35;/h3-8,15-17H,9-14H2,1-2H3,(H,30,34);1H. The lowest BCUT2D eigenvalue weighted by molar-refractivity contribution is 0.0944. The average Bonchev–Trinajstić information content (AvgIpc) is 3.33. The Morgan fingerprint density at radius 3 is 2.63 bits per heavy atom.